The number of fused-ring (bicyclic) bond motifs is 4. The Bertz CT molecular complexity index is 1080. The van der Waals surface area contributed by atoms with Crippen LogP contribution in [0.1, 0.15) is 15.4 Å². The first-order valence-corrected chi connectivity index (χ1v) is 8.61. The van der Waals surface area contributed by atoms with Crippen molar-refractivity contribution in [3.8, 4) is 17.0 Å². The van der Waals surface area contributed by atoms with E-state index in [-0.39, 0.29) is 11.7 Å². The molecule has 122 valence electrons. The van der Waals surface area contributed by atoms with Crippen LogP contribution >= 0.6 is 11.3 Å². The number of aromatic nitrogens is 1. The number of nitrogens with one attached hydrogen (secondary N) is 1. The van der Waals surface area contributed by atoms with E-state index in [1.807, 2.05) is 48.5 Å². The van der Waals surface area contributed by atoms with Crippen LogP contribution in [0.2, 0.25) is 0 Å². The summed E-state index contributed by atoms with van der Waals surface area (Å²) in [6, 6.07) is 17.0. The first kappa shape index (κ1) is 14.2. The van der Waals surface area contributed by atoms with E-state index in [9.17, 15) is 4.79 Å². The molecule has 0 spiro atoms. The molecular weight excluding hydrogens is 336 g/mol. The van der Waals surface area contributed by atoms with E-state index in [1.165, 1.54) is 11.3 Å². The lowest BCUT2D eigenvalue weighted by Crippen LogP contribution is -2.10. The lowest BCUT2D eigenvalue weighted by molar-refractivity contribution is 0.0998. The fourth-order valence-electron chi connectivity index (χ4n) is 2.90. The number of ether oxygens (including phenoxy) is 1. The molecule has 0 unspecified atom stereocenters. The maximum absolute atomic E-state index is 12.5. The van der Waals surface area contributed by atoms with Crippen LogP contribution in [0.4, 0.5) is 5.13 Å². The molecule has 1 aliphatic rings. The summed E-state index contributed by atoms with van der Waals surface area (Å²) in [6.07, 6.45) is 0. The minimum absolute atomic E-state index is 0.269. The second kappa shape index (κ2) is 5.46. The normalized spacial score (nSPS) is 12.3. The summed E-state index contributed by atoms with van der Waals surface area (Å²) in [6.45, 7) is 0.463. The predicted molar refractivity (Wildman–Crippen MR) is 96.0 cm³/mol. The third-order valence-electron chi connectivity index (χ3n) is 4.07. The molecule has 4 aromatic rings. The Kier molecular flexibility index (Phi) is 3.11. The Morgan fingerprint density at radius 3 is 2.88 bits per heavy atom. The predicted octanol–water partition coefficient (Wildman–Crippen LogP) is 4.70. The van der Waals surface area contributed by atoms with Crippen molar-refractivity contribution in [3.05, 3.63) is 65.2 Å². The van der Waals surface area contributed by atoms with Gasteiger partial charge in [0.05, 0.1) is 10.6 Å². The van der Waals surface area contributed by atoms with Gasteiger partial charge in [0, 0.05) is 10.9 Å². The van der Waals surface area contributed by atoms with Gasteiger partial charge in [-0.1, -0.05) is 41.7 Å². The summed E-state index contributed by atoms with van der Waals surface area (Å²) >= 11 is 1.42. The lowest BCUT2D eigenvalue weighted by Gasteiger charge is -2.15. The number of nitrogens with zero attached hydrogens (tertiary/aromatic N) is 1. The van der Waals surface area contributed by atoms with Crippen LogP contribution in [0, 0.1) is 0 Å². The second-order valence-corrected chi connectivity index (χ2v) is 6.76. The van der Waals surface area contributed by atoms with E-state index in [2.05, 4.69) is 10.3 Å². The van der Waals surface area contributed by atoms with Gasteiger partial charge < -0.3 is 9.15 Å². The van der Waals surface area contributed by atoms with Gasteiger partial charge in [-0.15, -0.1) is 0 Å². The van der Waals surface area contributed by atoms with Gasteiger partial charge in [0.25, 0.3) is 5.91 Å². The molecule has 1 N–H and O–H groups in total. The summed E-state index contributed by atoms with van der Waals surface area (Å²) in [5, 5.41) is 4.26. The highest BCUT2D eigenvalue weighted by molar-refractivity contribution is 7.16. The third-order valence-corrected chi connectivity index (χ3v) is 5.01. The van der Waals surface area contributed by atoms with Crippen LogP contribution in [0.25, 0.3) is 22.2 Å². The largest absolute Gasteiger partial charge is 0.487 e. The molecule has 6 heteroatoms. The highest BCUT2D eigenvalue weighted by atomic mass is 32.1. The van der Waals surface area contributed by atoms with Gasteiger partial charge in [-0.2, -0.15) is 0 Å². The van der Waals surface area contributed by atoms with Gasteiger partial charge in [-0.25, -0.2) is 4.98 Å². The van der Waals surface area contributed by atoms with Crippen molar-refractivity contribution in [2.24, 2.45) is 0 Å². The maximum atomic E-state index is 12.5. The molecule has 0 atom stereocenters. The van der Waals surface area contributed by atoms with Gasteiger partial charge >= 0.3 is 0 Å². The minimum atomic E-state index is -0.309. The number of rotatable bonds is 2. The quantitative estimate of drug-likeness (QED) is 0.570. The summed E-state index contributed by atoms with van der Waals surface area (Å²) in [4.78, 5) is 18.0. The molecule has 25 heavy (non-hydrogen) atoms. The average Bonchev–Trinajstić information content (AvgIpc) is 3.25. The van der Waals surface area contributed by atoms with E-state index in [4.69, 9.17) is 9.15 Å². The van der Waals surface area contributed by atoms with Crippen LogP contribution < -0.4 is 10.1 Å². The molecule has 0 bridgehead atoms. The number of carbonyl (C=O) groups excluding carboxylic acids is 1. The molecule has 0 aliphatic carbocycles. The zero-order valence-corrected chi connectivity index (χ0v) is 13.8. The number of hydrogen-bond donors (Lipinski definition) is 1. The van der Waals surface area contributed by atoms with Crippen molar-refractivity contribution in [1.82, 2.24) is 4.98 Å². The van der Waals surface area contributed by atoms with Crippen LogP contribution in [0.3, 0.4) is 0 Å². The summed E-state index contributed by atoms with van der Waals surface area (Å²) in [5.74, 6) is 0.776. The molecule has 5 rings (SSSR count). The molecule has 0 saturated heterocycles. The first-order valence-electron chi connectivity index (χ1n) is 7.80. The molecule has 0 radical (unpaired) electrons. The standard InChI is InChI=1S/C19H12N2O3S/c22-18(15-9-11-5-1-3-7-13(11)24-15)21-19-20-17-12-6-2-4-8-14(12)23-10-16(17)25-19/h1-9H,10H2,(H,20,21,22). The zero-order valence-electron chi connectivity index (χ0n) is 13.0. The Hall–Kier alpha value is -3.12. The van der Waals surface area contributed by atoms with Crippen LogP contribution in [-0.4, -0.2) is 10.9 Å². The summed E-state index contributed by atoms with van der Waals surface area (Å²) in [5.41, 5.74) is 2.50. The average molecular weight is 348 g/mol. The highest BCUT2D eigenvalue weighted by Crippen LogP contribution is 2.40. The van der Waals surface area contributed by atoms with Gasteiger partial charge in [-0.3, -0.25) is 10.1 Å². The van der Waals surface area contributed by atoms with Gasteiger partial charge in [-0.05, 0) is 24.3 Å². The Morgan fingerprint density at radius 2 is 1.96 bits per heavy atom. The molecule has 5 nitrogen and oxygen atoms in total. The number of para-hydroxylation sites is 2. The summed E-state index contributed by atoms with van der Waals surface area (Å²) in [7, 11) is 0. The van der Waals surface area contributed by atoms with Crippen molar-refractivity contribution in [3.63, 3.8) is 0 Å². The fourth-order valence-corrected chi connectivity index (χ4v) is 3.78. The van der Waals surface area contributed by atoms with E-state index >= 15 is 0 Å². The van der Waals surface area contributed by atoms with E-state index in [1.54, 1.807) is 6.07 Å². The van der Waals surface area contributed by atoms with Crippen molar-refractivity contribution < 1.29 is 13.9 Å². The monoisotopic (exact) mass is 348 g/mol. The van der Waals surface area contributed by atoms with E-state index < -0.39 is 0 Å². The Labute approximate surface area is 146 Å². The lowest BCUT2D eigenvalue weighted by atomic mass is 10.1. The molecule has 0 saturated carbocycles. The van der Waals surface area contributed by atoms with Crippen molar-refractivity contribution in [1.29, 1.82) is 0 Å². The smallest absolute Gasteiger partial charge is 0.293 e. The fraction of sp³-hybridized carbons (Fsp3) is 0.0526. The van der Waals surface area contributed by atoms with Gasteiger partial charge in [0.15, 0.2) is 10.9 Å². The molecule has 2 aromatic heterocycles. The SMILES string of the molecule is O=C(Nc1nc2c(s1)COc1ccccc1-2)c1cc2ccccc2o1. The molecule has 3 heterocycles. The molecule has 2 aromatic carbocycles. The minimum Gasteiger partial charge on any atom is -0.487 e. The van der Waals surface area contributed by atoms with Crippen molar-refractivity contribution in [2.75, 3.05) is 5.32 Å². The number of amides is 1. The van der Waals surface area contributed by atoms with Gasteiger partial charge in [0.1, 0.15) is 17.9 Å². The van der Waals surface area contributed by atoms with Crippen LogP contribution in [0.5, 0.6) is 5.75 Å². The Morgan fingerprint density at radius 1 is 1.12 bits per heavy atom. The number of anilines is 1. The van der Waals surface area contributed by atoms with Crippen molar-refractivity contribution in [2.45, 2.75) is 6.61 Å². The first-order chi connectivity index (χ1) is 12.3. The summed E-state index contributed by atoms with van der Waals surface area (Å²) < 4.78 is 11.3. The molecule has 1 aliphatic heterocycles. The van der Waals surface area contributed by atoms with E-state index in [0.717, 1.165) is 27.3 Å². The van der Waals surface area contributed by atoms with E-state index in [0.29, 0.717) is 17.3 Å². The third kappa shape index (κ3) is 2.38. The van der Waals surface area contributed by atoms with Crippen LogP contribution in [-0.2, 0) is 6.61 Å². The number of thiazole rings is 1. The maximum Gasteiger partial charge on any atom is 0.293 e. The Balaban J connectivity index is 1.46. The molecule has 1 amide bonds. The number of carbonyl (C=O) groups is 1. The highest BCUT2D eigenvalue weighted by Gasteiger charge is 2.23. The van der Waals surface area contributed by atoms with Gasteiger partial charge in [0.2, 0.25) is 0 Å². The zero-order chi connectivity index (χ0) is 16.8. The molecule has 0 fully saturated rings. The number of furan rings is 1. The number of benzene rings is 2. The molecular formula is C19H12N2O3S. The van der Waals surface area contributed by atoms with Crippen LogP contribution in [0.15, 0.2) is 59.0 Å². The second-order valence-electron chi connectivity index (χ2n) is 5.68. The number of hydrogen-bond acceptors (Lipinski definition) is 5. The topological polar surface area (TPSA) is 64.4 Å². The van der Waals surface area contributed by atoms with Crippen molar-refractivity contribution >= 4 is 33.3 Å².